The highest BCUT2D eigenvalue weighted by Crippen LogP contribution is 2.11. The molecule has 0 spiro atoms. The van der Waals surface area contributed by atoms with Crippen molar-refractivity contribution in [2.45, 2.75) is 6.92 Å². The van der Waals surface area contributed by atoms with Crippen molar-refractivity contribution >= 4 is 11.9 Å². The lowest BCUT2D eigenvalue weighted by atomic mass is 10.1. The van der Waals surface area contributed by atoms with Gasteiger partial charge in [0.1, 0.15) is 0 Å². The van der Waals surface area contributed by atoms with Gasteiger partial charge in [-0.05, 0) is 24.6 Å². The molecule has 19 heavy (non-hydrogen) atoms. The van der Waals surface area contributed by atoms with Gasteiger partial charge in [0.05, 0.1) is 11.1 Å². The zero-order valence-electron chi connectivity index (χ0n) is 10.1. The zero-order valence-corrected chi connectivity index (χ0v) is 10.1. The normalized spacial score (nSPS) is 9.11. The van der Waals surface area contributed by atoms with E-state index in [9.17, 15) is 9.59 Å². The Bertz CT molecular complexity index is 543. The number of aromatic nitrogens is 2. The van der Waals surface area contributed by atoms with E-state index in [1.54, 1.807) is 31.7 Å². The van der Waals surface area contributed by atoms with Crippen LogP contribution in [0.15, 0.2) is 43.0 Å². The summed E-state index contributed by atoms with van der Waals surface area (Å²) >= 11 is 0. The minimum atomic E-state index is -1.12. The van der Waals surface area contributed by atoms with Gasteiger partial charge in [-0.25, -0.2) is 9.59 Å². The average molecular weight is 260 g/mol. The molecule has 0 atom stereocenters. The number of benzene rings is 1. The molecule has 0 amide bonds. The Hall–Kier alpha value is -2.76. The van der Waals surface area contributed by atoms with E-state index in [1.165, 1.54) is 12.1 Å². The van der Waals surface area contributed by atoms with Crippen molar-refractivity contribution in [1.29, 1.82) is 0 Å². The molecule has 0 aliphatic rings. The number of carboxylic acid groups (broad SMARTS) is 2. The highest BCUT2D eigenvalue weighted by atomic mass is 16.4. The maximum Gasteiger partial charge on any atom is 0.335 e. The number of carboxylic acids is 2. The monoisotopic (exact) mass is 260 g/mol. The molecular formula is C13H12N2O4. The summed E-state index contributed by atoms with van der Waals surface area (Å²) in [6, 6.07) is 4.01. The van der Waals surface area contributed by atoms with E-state index < -0.39 is 11.9 Å². The predicted molar refractivity (Wildman–Crippen MR) is 67.1 cm³/mol. The molecule has 0 aliphatic heterocycles. The van der Waals surface area contributed by atoms with E-state index in [2.05, 4.69) is 9.97 Å². The molecule has 0 radical (unpaired) electrons. The van der Waals surface area contributed by atoms with Crippen molar-refractivity contribution in [3.05, 3.63) is 59.7 Å². The minimum absolute atomic E-state index is 0.0111. The zero-order chi connectivity index (χ0) is 14.3. The molecule has 2 N–H and O–H groups in total. The summed E-state index contributed by atoms with van der Waals surface area (Å²) in [5, 5.41) is 17.3. The first-order valence-corrected chi connectivity index (χ1v) is 5.29. The third-order valence-corrected chi connectivity index (χ3v) is 2.19. The topological polar surface area (TPSA) is 100 Å². The number of carbonyl (C=O) groups is 2. The quantitative estimate of drug-likeness (QED) is 0.854. The summed E-state index contributed by atoms with van der Waals surface area (Å²) in [4.78, 5) is 28.5. The van der Waals surface area contributed by atoms with Crippen LogP contribution in [-0.4, -0.2) is 32.1 Å². The first-order chi connectivity index (χ1) is 9.02. The predicted octanol–water partition coefficient (Wildman–Crippen LogP) is 1.87. The number of hydrogen-bond acceptors (Lipinski definition) is 4. The van der Waals surface area contributed by atoms with Gasteiger partial charge in [0.15, 0.2) is 0 Å². The average Bonchev–Trinajstić information content (AvgIpc) is 2.41. The molecule has 1 aromatic carbocycles. The van der Waals surface area contributed by atoms with Crippen LogP contribution in [0.1, 0.15) is 26.3 Å². The maximum absolute atomic E-state index is 10.6. The minimum Gasteiger partial charge on any atom is -0.478 e. The Labute approximate surface area is 109 Å². The molecule has 6 heteroatoms. The lowest BCUT2D eigenvalue weighted by molar-refractivity contribution is 0.0695. The summed E-state index contributed by atoms with van der Waals surface area (Å²) in [6.07, 6.45) is 6.56. The van der Waals surface area contributed by atoms with Gasteiger partial charge < -0.3 is 10.2 Å². The summed E-state index contributed by atoms with van der Waals surface area (Å²) in [5.74, 6) is -2.23. The van der Waals surface area contributed by atoms with Crippen LogP contribution in [0.2, 0.25) is 0 Å². The van der Waals surface area contributed by atoms with E-state index in [1.807, 2.05) is 0 Å². The van der Waals surface area contributed by atoms with Gasteiger partial charge in [0.25, 0.3) is 0 Å². The molecule has 0 saturated carbocycles. The Morgan fingerprint density at radius 3 is 1.84 bits per heavy atom. The third-order valence-electron chi connectivity index (χ3n) is 2.19. The Morgan fingerprint density at radius 1 is 0.947 bits per heavy atom. The Kier molecular flexibility index (Phi) is 5.16. The number of aryl methyl sites for hydroxylation is 1. The molecule has 6 nitrogen and oxygen atoms in total. The number of nitrogens with zero attached hydrogens (tertiary/aromatic N) is 2. The van der Waals surface area contributed by atoms with Gasteiger partial charge in [-0.15, -0.1) is 0 Å². The summed E-state index contributed by atoms with van der Waals surface area (Å²) in [7, 11) is 0. The fourth-order valence-electron chi connectivity index (χ4n) is 1.24. The van der Waals surface area contributed by atoms with Gasteiger partial charge in [-0.2, -0.15) is 0 Å². The fourth-order valence-corrected chi connectivity index (χ4v) is 1.24. The summed E-state index contributed by atoms with van der Waals surface area (Å²) in [6.45, 7) is 1.62. The van der Waals surface area contributed by atoms with Crippen LogP contribution in [-0.2, 0) is 0 Å². The second-order valence-corrected chi connectivity index (χ2v) is 3.53. The molecule has 98 valence electrons. The van der Waals surface area contributed by atoms with Crippen LogP contribution in [0.4, 0.5) is 0 Å². The van der Waals surface area contributed by atoms with Gasteiger partial charge >= 0.3 is 11.9 Å². The summed E-state index contributed by atoms with van der Waals surface area (Å²) in [5.41, 5.74) is 0.570. The van der Waals surface area contributed by atoms with Crippen molar-refractivity contribution in [2.75, 3.05) is 0 Å². The molecule has 0 saturated heterocycles. The highest BCUT2D eigenvalue weighted by molar-refractivity contribution is 5.94. The van der Waals surface area contributed by atoms with Crippen LogP contribution in [0.3, 0.4) is 0 Å². The molecule has 1 aromatic heterocycles. The van der Waals surface area contributed by atoms with Gasteiger partial charge in [0.2, 0.25) is 0 Å². The second kappa shape index (κ2) is 6.85. The van der Waals surface area contributed by atoms with Crippen LogP contribution in [0, 0.1) is 6.92 Å². The van der Waals surface area contributed by atoms with Crippen molar-refractivity contribution in [2.24, 2.45) is 0 Å². The largest absolute Gasteiger partial charge is 0.478 e. The van der Waals surface area contributed by atoms with Crippen LogP contribution < -0.4 is 0 Å². The highest BCUT2D eigenvalue weighted by Gasteiger charge is 2.10. The van der Waals surface area contributed by atoms with E-state index >= 15 is 0 Å². The van der Waals surface area contributed by atoms with Crippen LogP contribution in [0.5, 0.6) is 0 Å². The van der Waals surface area contributed by atoms with Gasteiger partial charge in [-0.3, -0.25) is 9.97 Å². The van der Waals surface area contributed by atoms with Gasteiger partial charge in [-0.1, -0.05) is 6.07 Å². The lowest BCUT2D eigenvalue weighted by Gasteiger charge is -2.01. The van der Waals surface area contributed by atoms with Crippen LogP contribution >= 0.6 is 0 Å². The lowest BCUT2D eigenvalue weighted by Crippen LogP contribution is -2.03. The van der Waals surface area contributed by atoms with Gasteiger partial charge in [0, 0.05) is 24.8 Å². The van der Waals surface area contributed by atoms with Crippen LogP contribution in [0.25, 0.3) is 0 Å². The molecule has 0 fully saturated rings. The van der Waals surface area contributed by atoms with Crippen molar-refractivity contribution in [3.63, 3.8) is 0 Å². The van der Waals surface area contributed by atoms with E-state index in [0.29, 0.717) is 5.56 Å². The fraction of sp³-hybridized carbons (Fsp3) is 0.0769. The number of rotatable bonds is 2. The molecular weight excluding hydrogens is 248 g/mol. The van der Waals surface area contributed by atoms with Crippen molar-refractivity contribution in [3.8, 4) is 0 Å². The van der Waals surface area contributed by atoms with Crippen molar-refractivity contribution in [1.82, 2.24) is 9.97 Å². The standard InChI is InChI=1S/C9H8O4.C4H4N2/c1-5-2-3-6(8(10)11)4-7(5)9(12)13;1-2-6-4-3-5-1/h2-4H,1H3,(H,10,11)(H,12,13);1-4H. The molecule has 2 rings (SSSR count). The van der Waals surface area contributed by atoms with Crippen molar-refractivity contribution < 1.29 is 19.8 Å². The Morgan fingerprint density at radius 2 is 1.47 bits per heavy atom. The first-order valence-electron chi connectivity index (χ1n) is 5.29. The molecule has 1 heterocycles. The number of hydrogen-bond donors (Lipinski definition) is 2. The first kappa shape index (κ1) is 14.3. The summed E-state index contributed by atoms with van der Waals surface area (Å²) < 4.78 is 0. The van der Waals surface area contributed by atoms with E-state index in [4.69, 9.17) is 10.2 Å². The molecule has 0 unspecified atom stereocenters. The third kappa shape index (κ3) is 4.55. The molecule has 2 aromatic rings. The van der Waals surface area contributed by atoms with E-state index in [0.717, 1.165) is 6.07 Å². The van der Waals surface area contributed by atoms with E-state index in [-0.39, 0.29) is 11.1 Å². The molecule has 0 bridgehead atoms. The second-order valence-electron chi connectivity index (χ2n) is 3.53. The Balaban J connectivity index is 0.000000250. The molecule has 0 aliphatic carbocycles. The maximum atomic E-state index is 10.6. The SMILES string of the molecule is Cc1ccc(C(=O)O)cc1C(=O)O.c1cnccn1. The number of aromatic carboxylic acids is 2. The smallest absolute Gasteiger partial charge is 0.335 e.